The molecule has 0 saturated carbocycles. The van der Waals surface area contributed by atoms with Crippen molar-refractivity contribution in [2.75, 3.05) is 0 Å². The molecule has 0 atom stereocenters. The lowest BCUT2D eigenvalue weighted by atomic mass is 10.0. The maximum Gasteiger partial charge on any atom is 0.335 e. The van der Waals surface area contributed by atoms with E-state index in [1.54, 1.807) is 0 Å². The fraction of sp³-hybridized carbons (Fsp3) is 0. The van der Waals surface area contributed by atoms with Gasteiger partial charge in [0.15, 0.2) is 11.6 Å². The van der Waals surface area contributed by atoms with Crippen molar-refractivity contribution in [3.05, 3.63) is 98.4 Å². The first-order chi connectivity index (χ1) is 14.5. The van der Waals surface area contributed by atoms with E-state index in [0.29, 0.717) is 11.3 Å². The molecular formula is C22H16F2O6. The molecule has 0 fully saturated rings. The zero-order valence-electron chi connectivity index (χ0n) is 15.5. The Bertz CT molecular complexity index is 993. The van der Waals surface area contributed by atoms with Gasteiger partial charge in [-0.3, -0.25) is 0 Å². The number of hydrogen-bond acceptors (Lipinski definition) is 6. The topological polar surface area (TPSA) is 71.1 Å². The van der Waals surface area contributed by atoms with Crippen molar-refractivity contribution in [1.29, 1.82) is 0 Å². The van der Waals surface area contributed by atoms with E-state index in [4.69, 9.17) is 9.47 Å². The normalized spacial score (nSPS) is 10.6. The van der Waals surface area contributed by atoms with Crippen molar-refractivity contribution in [3.63, 3.8) is 0 Å². The van der Waals surface area contributed by atoms with Gasteiger partial charge in [-0.15, -0.1) is 0 Å². The van der Waals surface area contributed by atoms with Gasteiger partial charge in [-0.25, -0.2) is 14.0 Å². The average Bonchev–Trinajstić information content (AvgIpc) is 2.77. The molecule has 0 aliphatic heterocycles. The number of rotatable bonds is 9. The van der Waals surface area contributed by atoms with E-state index in [1.807, 2.05) is 0 Å². The van der Waals surface area contributed by atoms with Crippen LogP contribution in [-0.2, 0) is 19.1 Å². The first-order valence-corrected chi connectivity index (χ1v) is 8.34. The Kier molecular flexibility index (Phi) is 8.07. The van der Waals surface area contributed by atoms with Crippen LogP contribution in [0.4, 0.5) is 8.78 Å². The molecule has 8 heteroatoms. The first kappa shape index (κ1) is 22.1. The van der Waals surface area contributed by atoms with Crippen LogP contribution in [0.3, 0.4) is 0 Å². The zero-order valence-corrected chi connectivity index (χ0v) is 15.5. The number of carbonyl (C=O) groups is 2. The number of carbonyl (C=O) groups excluding carboxylic acids is 2. The van der Waals surface area contributed by atoms with E-state index >= 15 is 0 Å². The summed E-state index contributed by atoms with van der Waals surface area (Å²) in [6, 6.07) is 8.65. The van der Waals surface area contributed by atoms with Crippen LogP contribution >= 0.6 is 0 Å². The highest BCUT2D eigenvalue weighted by atomic mass is 19.2. The molecular weight excluding hydrogens is 398 g/mol. The van der Waals surface area contributed by atoms with E-state index in [1.165, 1.54) is 36.4 Å². The predicted octanol–water partition coefficient (Wildman–Crippen LogP) is 4.79. The van der Waals surface area contributed by atoms with Crippen molar-refractivity contribution in [1.82, 2.24) is 0 Å². The van der Waals surface area contributed by atoms with Gasteiger partial charge in [0.2, 0.25) is 5.82 Å². The molecule has 0 heterocycles. The minimum absolute atomic E-state index is 0.00363. The summed E-state index contributed by atoms with van der Waals surface area (Å²) in [4.78, 5) is 21.7. The van der Waals surface area contributed by atoms with Crippen molar-refractivity contribution in [2.24, 2.45) is 0 Å². The smallest absolute Gasteiger partial charge is 0.335 e. The monoisotopic (exact) mass is 414 g/mol. The van der Waals surface area contributed by atoms with Gasteiger partial charge in [-0.1, -0.05) is 25.3 Å². The third kappa shape index (κ3) is 6.16. The van der Waals surface area contributed by atoms with Crippen molar-refractivity contribution < 1.29 is 37.3 Å². The Morgan fingerprint density at radius 1 is 0.733 bits per heavy atom. The maximum atomic E-state index is 14.4. The van der Waals surface area contributed by atoms with E-state index in [-0.39, 0.29) is 11.3 Å². The van der Waals surface area contributed by atoms with Gasteiger partial charge < -0.3 is 18.9 Å². The first-order valence-electron chi connectivity index (χ1n) is 8.34. The van der Waals surface area contributed by atoms with Crippen molar-refractivity contribution in [2.45, 2.75) is 0 Å². The molecule has 0 aromatic heterocycles. The summed E-state index contributed by atoms with van der Waals surface area (Å²) in [6.07, 6.45) is 5.88. The summed E-state index contributed by atoms with van der Waals surface area (Å²) in [5, 5.41) is 0. The highest BCUT2D eigenvalue weighted by Gasteiger charge is 2.15. The highest BCUT2D eigenvalue weighted by Crippen LogP contribution is 2.31. The lowest BCUT2D eigenvalue weighted by Gasteiger charge is -2.09. The van der Waals surface area contributed by atoms with Gasteiger partial charge in [-0.05, 0) is 29.8 Å². The fourth-order valence-electron chi connectivity index (χ4n) is 2.05. The van der Waals surface area contributed by atoms with Crippen LogP contribution in [0.5, 0.6) is 11.5 Å². The average molecular weight is 414 g/mol. The van der Waals surface area contributed by atoms with E-state index < -0.39 is 23.6 Å². The third-order valence-electron chi connectivity index (χ3n) is 3.42. The summed E-state index contributed by atoms with van der Waals surface area (Å²) in [7, 11) is 0. The second-order valence-electron chi connectivity index (χ2n) is 5.33. The van der Waals surface area contributed by atoms with Crippen LogP contribution in [0.1, 0.15) is 0 Å². The Hall–Kier alpha value is -4.20. The number of halogens is 2. The summed E-state index contributed by atoms with van der Waals surface area (Å²) in [5.74, 6) is -3.69. The molecule has 0 aliphatic carbocycles. The Morgan fingerprint density at radius 2 is 1.30 bits per heavy atom. The minimum atomic E-state index is -1.21. The molecule has 0 spiro atoms. The summed E-state index contributed by atoms with van der Waals surface area (Å²) >= 11 is 0. The number of ether oxygens (including phenoxy) is 4. The molecule has 0 saturated heterocycles. The number of benzene rings is 2. The maximum absolute atomic E-state index is 14.4. The van der Waals surface area contributed by atoms with Gasteiger partial charge >= 0.3 is 11.9 Å². The van der Waals surface area contributed by atoms with Crippen molar-refractivity contribution in [3.8, 4) is 22.6 Å². The molecule has 154 valence electrons. The largest absolute Gasteiger partial charge is 0.462 e. The third-order valence-corrected chi connectivity index (χ3v) is 3.42. The predicted molar refractivity (Wildman–Crippen MR) is 104 cm³/mol. The van der Waals surface area contributed by atoms with Crippen LogP contribution in [-0.4, -0.2) is 11.9 Å². The van der Waals surface area contributed by atoms with Gasteiger partial charge in [0, 0.05) is 17.7 Å². The minimum Gasteiger partial charge on any atom is -0.462 e. The molecule has 0 N–H and O–H groups in total. The Balaban J connectivity index is 2.06. The SMILES string of the molecule is C=CC(=O)OC=COc1ccc(-c2ccc(OC=COC(=O)C=C)c(F)c2F)cc1. The van der Waals surface area contributed by atoms with Gasteiger partial charge in [-0.2, -0.15) is 4.39 Å². The highest BCUT2D eigenvalue weighted by molar-refractivity contribution is 5.82. The van der Waals surface area contributed by atoms with Crippen LogP contribution in [0.25, 0.3) is 11.1 Å². The van der Waals surface area contributed by atoms with Crippen LogP contribution in [0.15, 0.2) is 86.8 Å². The van der Waals surface area contributed by atoms with Crippen LogP contribution in [0.2, 0.25) is 0 Å². The van der Waals surface area contributed by atoms with Crippen LogP contribution < -0.4 is 9.47 Å². The molecule has 2 aromatic rings. The molecule has 6 nitrogen and oxygen atoms in total. The van der Waals surface area contributed by atoms with Gasteiger partial charge in [0.05, 0.1) is 0 Å². The van der Waals surface area contributed by atoms with E-state index in [2.05, 4.69) is 22.6 Å². The molecule has 2 aromatic carbocycles. The molecule has 30 heavy (non-hydrogen) atoms. The van der Waals surface area contributed by atoms with Crippen LogP contribution in [0, 0.1) is 11.6 Å². The quantitative estimate of drug-likeness (QED) is 0.334. The van der Waals surface area contributed by atoms with E-state index in [9.17, 15) is 18.4 Å². The van der Waals surface area contributed by atoms with Gasteiger partial charge in [0.25, 0.3) is 0 Å². The van der Waals surface area contributed by atoms with E-state index in [0.717, 1.165) is 37.2 Å². The second kappa shape index (κ2) is 11.0. The summed E-state index contributed by atoms with van der Waals surface area (Å²) < 4.78 is 47.9. The second-order valence-corrected chi connectivity index (χ2v) is 5.33. The Morgan fingerprint density at radius 3 is 1.87 bits per heavy atom. The molecule has 0 bridgehead atoms. The molecule has 0 radical (unpaired) electrons. The zero-order chi connectivity index (χ0) is 21.9. The van der Waals surface area contributed by atoms with Gasteiger partial charge in [0.1, 0.15) is 30.8 Å². The molecule has 0 amide bonds. The number of hydrogen-bond donors (Lipinski definition) is 0. The fourth-order valence-corrected chi connectivity index (χ4v) is 2.05. The Labute approximate surface area is 170 Å². The number of esters is 2. The van der Waals surface area contributed by atoms with Crippen molar-refractivity contribution >= 4 is 11.9 Å². The molecule has 0 aliphatic rings. The molecule has 0 unspecified atom stereocenters. The lowest BCUT2D eigenvalue weighted by Crippen LogP contribution is -1.96. The molecule has 2 rings (SSSR count). The lowest BCUT2D eigenvalue weighted by molar-refractivity contribution is -0.133. The standard InChI is InChI=1S/C22H16F2O6/c1-3-19(25)29-13-11-27-16-7-5-15(6-8-16)17-9-10-18(22(24)21(17)23)28-12-14-30-20(26)4-2/h3-14H,1-2H2. The summed E-state index contributed by atoms with van der Waals surface area (Å²) in [5.41, 5.74) is 0.395. The summed E-state index contributed by atoms with van der Waals surface area (Å²) in [6.45, 7) is 6.45.